The minimum absolute atomic E-state index is 0.0579. The van der Waals surface area contributed by atoms with Crippen molar-refractivity contribution in [2.24, 2.45) is 0 Å². The van der Waals surface area contributed by atoms with Crippen molar-refractivity contribution in [1.29, 1.82) is 0 Å². The Morgan fingerprint density at radius 1 is 0.767 bits per heavy atom. The SMILES string of the molecule is CCCCCCC(=O)OCCOCCOCCOCCOS(=O)(=O)c1ccccc1. The summed E-state index contributed by atoms with van der Waals surface area (Å²) in [5.41, 5.74) is 0. The van der Waals surface area contributed by atoms with Gasteiger partial charge in [-0.15, -0.1) is 0 Å². The van der Waals surface area contributed by atoms with Crippen molar-refractivity contribution in [3.05, 3.63) is 30.3 Å². The zero-order chi connectivity index (χ0) is 21.9. The summed E-state index contributed by atoms with van der Waals surface area (Å²) >= 11 is 0. The normalized spacial score (nSPS) is 11.5. The van der Waals surface area contributed by atoms with E-state index in [9.17, 15) is 13.2 Å². The Labute approximate surface area is 179 Å². The molecule has 30 heavy (non-hydrogen) atoms. The van der Waals surface area contributed by atoms with E-state index in [-0.39, 0.29) is 30.7 Å². The summed E-state index contributed by atoms with van der Waals surface area (Å²) in [6.45, 7) is 4.29. The van der Waals surface area contributed by atoms with Gasteiger partial charge in [0, 0.05) is 6.42 Å². The third kappa shape index (κ3) is 13.7. The fraction of sp³-hybridized carbons (Fsp3) is 0.667. The summed E-state index contributed by atoms with van der Waals surface area (Å²) in [5.74, 6) is -0.177. The van der Waals surface area contributed by atoms with Gasteiger partial charge in [0.15, 0.2) is 0 Å². The Morgan fingerprint density at radius 2 is 1.33 bits per heavy atom. The molecule has 0 saturated carbocycles. The summed E-state index contributed by atoms with van der Waals surface area (Å²) < 4.78 is 49.7. The number of rotatable bonds is 19. The molecule has 0 radical (unpaired) electrons. The lowest BCUT2D eigenvalue weighted by Gasteiger charge is -2.08. The molecule has 0 atom stereocenters. The monoisotopic (exact) mass is 446 g/mol. The van der Waals surface area contributed by atoms with Gasteiger partial charge in [0.2, 0.25) is 0 Å². The maximum absolute atomic E-state index is 11.9. The molecule has 0 amide bonds. The van der Waals surface area contributed by atoms with E-state index >= 15 is 0 Å². The zero-order valence-electron chi connectivity index (χ0n) is 17.8. The van der Waals surface area contributed by atoms with Crippen molar-refractivity contribution in [1.82, 2.24) is 0 Å². The second kappa shape index (κ2) is 17.2. The van der Waals surface area contributed by atoms with Crippen molar-refractivity contribution >= 4 is 16.1 Å². The molecule has 0 bridgehead atoms. The van der Waals surface area contributed by atoms with Gasteiger partial charge in [-0.25, -0.2) is 0 Å². The van der Waals surface area contributed by atoms with Gasteiger partial charge in [-0.1, -0.05) is 44.4 Å². The topological polar surface area (TPSA) is 97.4 Å². The summed E-state index contributed by atoms with van der Waals surface area (Å²) in [4.78, 5) is 11.6. The molecule has 0 aromatic heterocycles. The molecule has 0 aliphatic carbocycles. The standard InChI is InChI=1S/C21H34O8S/c1-2-3-4-8-11-21(22)28-18-16-26-14-12-25-13-15-27-17-19-29-30(23,24)20-9-6-5-7-10-20/h5-7,9-10H,2-4,8,11-19H2,1H3. The largest absolute Gasteiger partial charge is 0.463 e. The van der Waals surface area contributed by atoms with Crippen molar-refractivity contribution in [3.63, 3.8) is 0 Å². The molecule has 0 unspecified atom stereocenters. The lowest BCUT2D eigenvalue weighted by molar-refractivity contribution is -0.145. The van der Waals surface area contributed by atoms with Crippen LogP contribution in [0.5, 0.6) is 0 Å². The van der Waals surface area contributed by atoms with Gasteiger partial charge >= 0.3 is 5.97 Å². The molecule has 1 aromatic carbocycles. The highest BCUT2D eigenvalue weighted by Gasteiger charge is 2.13. The van der Waals surface area contributed by atoms with Crippen LogP contribution in [0.15, 0.2) is 35.2 Å². The van der Waals surface area contributed by atoms with Gasteiger partial charge in [0.05, 0.1) is 51.1 Å². The van der Waals surface area contributed by atoms with Crippen LogP contribution in [0.25, 0.3) is 0 Å². The number of carbonyl (C=O) groups is 1. The molecule has 0 fully saturated rings. The van der Waals surface area contributed by atoms with Gasteiger partial charge in [0.25, 0.3) is 10.1 Å². The Kier molecular flexibility index (Phi) is 15.2. The third-order valence-corrected chi connectivity index (χ3v) is 5.29. The molecule has 1 rings (SSSR count). The molecule has 172 valence electrons. The smallest absolute Gasteiger partial charge is 0.305 e. The molecule has 0 aliphatic heterocycles. The van der Waals surface area contributed by atoms with Crippen LogP contribution in [0.2, 0.25) is 0 Å². The zero-order valence-corrected chi connectivity index (χ0v) is 18.6. The molecule has 8 nitrogen and oxygen atoms in total. The highest BCUT2D eigenvalue weighted by atomic mass is 32.2. The Morgan fingerprint density at radius 3 is 1.93 bits per heavy atom. The quantitative estimate of drug-likeness (QED) is 0.182. The fourth-order valence-corrected chi connectivity index (χ4v) is 3.30. The van der Waals surface area contributed by atoms with Gasteiger partial charge in [-0.05, 0) is 18.6 Å². The molecule has 0 N–H and O–H groups in total. The third-order valence-electron chi connectivity index (χ3n) is 3.97. The Balaban J connectivity index is 1.85. The van der Waals surface area contributed by atoms with Crippen LogP contribution in [0.3, 0.4) is 0 Å². The van der Waals surface area contributed by atoms with E-state index in [1.165, 1.54) is 12.1 Å². The second-order valence-corrected chi connectivity index (χ2v) is 8.07. The summed E-state index contributed by atoms with van der Waals surface area (Å²) in [6.07, 6.45) is 4.68. The molecular weight excluding hydrogens is 412 g/mol. The predicted molar refractivity (Wildman–Crippen MR) is 112 cm³/mol. The first-order valence-electron chi connectivity index (χ1n) is 10.4. The van der Waals surface area contributed by atoms with Crippen LogP contribution in [-0.4, -0.2) is 67.2 Å². The number of unbranched alkanes of at least 4 members (excludes halogenated alkanes) is 3. The predicted octanol–water partition coefficient (Wildman–Crippen LogP) is 2.96. The van der Waals surface area contributed by atoms with Gasteiger partial charge in [0.1, 0.15) is 6.61 Å². The number of carbonyl (C=O) groups excluding carboxylic acids is 1. The molecule has 0 spiro atoms. The fourth-order valence-electron chi connectivity index (χ4n) is 2.38. The maximum atomic E-state index is 11.9. The minimum Gasteiger partial charge on any atom is -0.463 e. The molecule has 0 aliphatic rings. The van der Waals surface area contributed by atoms with E-state index < -0.39 is 10.1 Å². The van der Waals surface area contributed by atoms with Gasteiger partial charge in [-0.3, -0.25) is 8.98 Å². The van der Waals surface area contributed by atoms with Crippen LogP contribution < -0.4 is 0 Å². The minimum atomic E-state index is -3.74. The lowest BCUT2D eigenvalue weighted by Crippen LogP contribution is -2.15. The van der Waals surface area contributed by atoms with E-state index in [4.69, 9.17) is 23.1 Å². The number of benzene rings is 1. The molecule has 9 heteroatoms. The van der Waals surface area contributed by atoms with E-state index in [1.54, 1.807) is 18.2 Å². The molecule has 1 aromatic rings. The van der Waals surface area contributed by atoms with Crippen molar-refractivity contribution < 1.29 is 36.3 Å². The number of hydrogen-bond donors (Lipinski definition) is 0. The number of ether oxygens (including phenoxy) is 4. The van der Waals surface area contributed by atoms with Crippen molar-refractivity contribution in [3.8, 4) is 0 Å². The van der Waals surface area contributed by atoms with Crippen LogP contribution >= 0.6 is 0 Å². The van der Waals surface area contributed by atoms with E-state index in [2.05, 4.69) is 6.92 Å². The summed E-state index contributed by atoms with van der Waals surface area (Å²) in [6, 6.07) is 7.96. The first-order valence-corrected chi connectivity index (χ1v) is 11.8. The summed E-state index contributed by atoms with van der Waals surface area (Å²) in [7, 11) is -3.74. The van der Waals surface area contributed by atoms with E-state index in [0.717, 1.165) is 25.7 Å². The molecule has 0 saturated heterocycles. The van der Waals surface area contributed by atoms with Crippen LogP contribution in [0.1, 0.15) is 39.0 Å². The van der Waals surface area contributed by atoms with Crippen molar-refractivity contribution in [2.45, 2.75) is 43.9 Å². The molecule has 0 heterocycles. The average Bonchev–Trinajstić information content (AvgIpc) is 2.75. The molecular formula is C21H34O8S. The summed E-state index contributed by atoms with van der Waals surface area (Å²) in [5, 5.41) is 0. The maximum Gasteiger partial charge on any atom is 0.305 e. The van der Waals surface area contributed by atoms with Gasteiger partial charge < -0.3 is 18.9 Å². The first-order chi connectivity index (χ1) is 14.6. The lowest BCUT2D eigenvalue weighted by atomic mass is 10.2. The van der Waals surface area contributed by atoms with Crippen molar-refractivity contribution in [2.75, 3.05) is 52.9 Å². The van der Waals surface area contributed by atoms with E-state index in [1.807, 2.05) is 0 Å². The Bertz CT molecular complexity index is 648. The average molecular weight is 447 g/mol. The van der Waals surface area contributed by atoms with Crippen LogP contribution in [0, 0.1) is 0 Å². The highest BCUT2D eigenvalue weighted by Crippen LogP contribution is 2.10. The highest BCUT2D eigenvalue weighted by molar-refractivity contribution is 7.86. The second-order valence-electron chi connectivity index (χ2n) is 6.46. The van der Waals surface area contributed by atoms with E-state index in [0.29, 0.717) is 39.5 Å². The van der Waals surface area contributed by atoms with Crippen LogP contribution in [-0.2, 0) is 38.0 Å². The first kappa shape index (κ1) is 26.5. The number of hydrogen-bond acceptors (Lipinski definition) is 8. The number of esters is 1. The van der Waals surface area contributed by atoms with Gasteiger partial charge in [-0.2, -0.15) is 8.42 Å². The van der Waals surface area contributed by atoms with Crippen LogP contribution in [0.4, 0.5) is 0 Å². The Hall–Kier alpha value is -1.52.